The van der Waals surface area contributed by atoms with Gasteiger partial charge in [0.1, 0.15) is 33.7 Å². The summed E-state index contributed by atoms with van der Waals surface area (Å²) >= 11 is 0. The van der Waals surface area contributed by atoms with Gasteiger partial charge >= 0.3 is 7.60 Å². The Hall–Kier alpha value is -0.0100. The molecule has 0 aromatic rings. The van der Waals surface area contributed by atoms with Crippen LogP contribution >= 0.6 is 7.60 Å². The van der Waals surface area contributed by atoms with Gasteiger partial charge in [-0.25, -0.2) is 0 Å². The van der Waals surface area contributed by atoms with Crippen molar-refractivity contribution in [2.75, 3.05) is 60.5 Å². The number of rotatable bonds is 13. The Morgan fingerprint density at radius 2 is 1.68 bits per heavy atom. The van der Waals surface area contributed by atoms with Gasteiger partial charge in [0.05, 0.1) is 41.0 Å². The second kappa shape index (κ2) is 9.98. The van der Waals surface area contributed by atoms with Gasteiger partial charge in [0, 0.05) is 5.41 Å². The van der Waals surface area contributed by atoms with Crippen molar-refractivity contribution < 1.29 is 32.7 Å². The summed E-state index contributed by atoms with van der Waals surface area (Å²) in [5.41, 5.74) is -0.564. The van der Waals surface area contributed by atoms with Gasteiger partial charge in [0.25, 0.3) is 0 Å². The molecule has 0 bridgehead atoms. The first-order valence-corrected chi connectivity index (χ1v) is 8.84. The number of hydrogen-bond donors (Lipinski definition) is 1. The first-order valence-electron chi connectivity index (χ1n) is 7.08. The average molecular weight is 338 g/mol. The Balaban J connectivity index is 4.30. The molecule has 0 rings (SSSR count). The summed E-state index contributed by atoms with van der Waals surface area (Å²) in [5.74, 6) is 0. The quantitative estimate of drug-likeness (QED) is 0.406. The van der Waals surface area contributed by atoms with Crippen LogP contribution in [0.2, 0.25) is 0 Å². The topological polar surface area (TPSA) is 74.2 Å². The fraction of sp³-hybridized carbons (Fsp3) is 0.857. The zero-order valence-electron chi connectivity index (χ0n) is 14.0. The van der Waals surface area contributed by atoms with Crippen molar-refractivity contribution in [2.45, 2.75) is 13.3 Å². The van der Waals surface area contributed by atoms with Crippen molar-refractivity contribution in [3.63, 3.8) is 0 Å². The molecule has 0 saturated heterocycles. The molecule has 0 spiro atoms. The Labute approximate surface area is 134 Å². The van der Waals surface area contributed by atoms with Gasteiger partial charge in [-0.15, -0.1) is 0 Å². The highest BCUT2D eigenvalue weighted by Gasteiger charge is 2.31. The summed E-state index contributed by atoms with van der Waals surface area (Å²) < 4.78 is 32.2. The predicted octanol–water partition coefficient (Wildman–Crippen LogP) is 1.64. The molecular weight excluding hydrogens is 309 g/mol. The molecule has 0 aromatic heterocycles. The van der Waals surface area contributed by atoms with E-state index < -0.39 is 19.4 Å². The van der Waals surface area contributed by atoms with Crippen LogP contribution in [0, 0.1) is 19.6 Å². The van der Waals surface area contributed by atoms with Gasteiger partial charge in [-0.1, -0.05) is 6.92 Å². The first kappa shape index (κ1) is 22.0. The van der Waals surface area contributed by atoms with Gasteiger partial charge in [-0.3, -0.25) is 4.57 Å². The number of quaternary nitrogens is 1. The van der Waals surface area contributed by atoms with E-state index in [9.17, 15) is 9.46 Å². The summed E-state index contributed by atoms with van der Waals surface area (Å²) in [6, 6.07) is 0. The molecule has 1 atom stereocenters. The van der Waals surface area contributed by atoms with Crippen LogP contribution in [0.25, 0.3) is 0 Å². The summed E-state index contributed by atoms with van der Waals surface area (Å²) in [6.45, 7) is 3.15. The van der Waals surface area contributed by atoms with Crippen LogP contribution in [0.5, 0.6) is 0 Å². The van der Waals surface area contributed by atoms with Crippen molar-refractivity contribution in [3.05, 3.63) is 14.2 Å². The molecule has 0 aliphatic carbocycles. The van der Waals surface area contributed by atoms with Crippen molar-refractivity contribution in [1.29, 1.82) is 0 Å². The van der Waals surface area contributed by atoms with Crippen LogP contribution in [0.4, 0.5) is 0 Å². The van der Waals surface area contributed by atoms with Gasteiger partial charge in [0.15, 0.2) is 0 Å². The molecule has 1 N–H and O–H groups in total. The van der Waals surface area contributed by atoms with Crippen molar-refractivity contribution in [3.8, 4) is 0 Å². The normalized spacial score (nSPS) is 15.8. The van der Waals surface area contributed by atoms with Crippen molar-refractivity contribution >= 4 is 7.60 Å². The monoisotopic (exact) mass is 338 g/mol. The summed E-state index contributed by atoms with van der Waals surface area (Å²) in [6.07, 6.45) is 0.223. The number of ether oxygens (including phenoxy) is 3. The predicted molar refractivity (Wildman–Crippen MR) is 82.7 cm³/mol. The lowest BCUT2D eigenvalue weighted by molar-refractivity contribution is -0.870. The summed E-state index contributed by atoms with van der Waals surface area (Å²) in [7, 11) is 12.3. The Morgan fingerprint density at radius 1 is 1.14 bits per heavy atom. The molecular formula is C14H29NO6P+. The molecule has 130 valence electrons. The lowest BCUT2D eigenvalue weighted by Crippen LogP contribution is -2.37. The third kappa shape index (κ3) is 9.90. The average Bonchev–Trinajstić information content (AvgIpc) is 2.37. The van der Waals surface area contributed by atoms with E-state index in [0.29, 0.717) is 17.4 Å². The van der Waals surface area contributed by atoms with Crippen LogP contribution in [-0.2, 0) is 23.3 Å². The number of nitrogens with zero attached hydrogens (tertiary/aromatic N) is 1. The molecule has 0 heterocycles. The van der Waals surface area contributed by atoms with Crippen molar-refractivity contribution in [2.24, 2.45) is 5.41 Å². The fourth-order valence-corrected chi connectivity index (χ4v) is 2.42. The molecule has 0 aliphatic heterocycles. The van der Waals surface area contributed by atoms with Crippen LogP contribution < -0.4 is 0 Å². The van der Waals surface area contributed by atoms with E-state index in [2.05, 4.69) is 9.47 Å². The van der Waals surface area contributed by atoms with E-state index in [1.165, 1.54) is 0 Å². The maximum atomic E-state index is 11.9. The van der Waals surface area contributed by atoms with Crippen LogP contribution in [-0.4, -0.2) is 69.8 Å². The molecule has 8 heteroatoms. The summed E-state index contributed by atoms with van der Waals surface area (Å²) in [4.78, 5) is 9.73. The fourth-order valence-electron chi connectivity index (χ4n) is 1.66. The second-order valence-corrected chi connectivity index (χ2v) is 8.23. The molecule has 1 unspecified atom stereocenters. The van der Waals surface area contributed by atoms with E-state index in [1.807, 2.05) is 28.1 Å². The van der Waals surface area contributed by atoms with Gasteiger partial charge in [-0.2, -0.15) is 0 Å². The number of likely N-dealkylation sites (N-methyl/N-ethyl adjacent to an activating group) is 1. The minimum absolute atomic E-state index is 0.126. The second-order valence-electron chi connectivity index (χ2n) is 6.44. The highest BCUT2D eigenvalue weighted by Crippen LogP contribution is 2.42. The smallest absolute Gasteiger partial charge is 0.353 e. The SMILES string of the molecule is [CH]OCC(CC)(CO[CH])COCP(=O)(O)OCC[N+](C)(C)C. The lowest BCUT2D eigenvalue weighted by Gasteiger charge is -2.31. The van der Waals surface area contributed by atoms with E-state index >= 15 is 0 Å². The maximum absolute atomic E-state index is 11.9. The zero-order chi connectivity index (χ0) is 17.3. The molecule has 4 radical (unpaired) electrons. The van der Waals surface area contributed by atoms with Crippen LogP contribution in [0.1, 0.15) is 13.3 Å². The lowest BCUT2D eigenvalue weighted by atomic mass is 9.88. The van der Waals surface area contributed by atoms with Gasteiger partial charge in [0.2, 0.25) is 0 Å². The minimum atomic E-state index is -3.79. The molecule has 7 nitrogen and oxygen atoms in total. The first-order chi connectivity index (χ1) is 10.1. The van der Waals surface area contributed by atoms with Crippen LogP contribution in [0.15, 0.2) is 0 Å². The molecule has 0 amide bonds. The Bertz CT molecular complexity index is 339. The minimum Gasteiger partial charge on any atom is -0.372 e. The molecule has 0 aromatic carbocycles. The van der Waals surface area contributed by atoms with E-state index in [-0.39, 0.29) is 26.4 Å². The molecule has 0 aliphatic rings. The van der Waals surface area contributed by atoms with Gasteiger partial charge < -0.3 is 28.1 Å². The Kier molecular flexibility index (Phi) is 9.98. The third-order valence-electron chi connectivity index (χ3n) is 3.25. The molecule has 0 saturated carbocycles. The highest BCUT2D eigenvalue weighted by atomic mass is 31.2. The molecule has 0 fully saturated rings. The van der Waals surface area contributed by atoms with E-state index in [1.54, 1.807) is 0 Å². The maximum Gasteiger partial charge on any atom is 0.353 e. The van der Waals surface area contributed by atoms with Gasteiger partial charge in [-0.05, 0) is 6.42 Å². The largest absolute Gasteiger partial charge is 0.372 e. The van der Waals surface area contributed by atoms with Crippen LogP contribution in [0.3, 0.4) is 0 Å². The standard InChI is InChI=1S/C14H28NO6P/c1-7-14(10-18-5,11-19-6)12-20-13-22(16,17)21-9-8-15(2,3)4/h5-6H,7-13H2,1-4H3/p+1. The number of hydrogen-bond acceptors (Lipinski definition) is 5. The zero-order valence-corrected chi connectivity index (χ0v) is 14.9. The summed E-state index contributed by atoms with van der Waals surface area (Å²) in [5, 5.41) is 0. The highest BCUT2D eigenvalue weighted by molar-refractivity contribution is 7.52. The Morgan fingerprint density at radius 3 is 2.09 bits per heavy atom. The van der Waals surface area contributed by atoms with E-state index in [0.717, 1.165) is 0 Å². The van der Waals surface area contributed by atoms with E-state index in [4.69, 9.17) is 23.5 Å². The molecule has 22 heavy (non-hydrogen) atoms. The third-order valence-corrected chi connectivity index (χ3v) is 4.34. The van der Waals surface area contributed by atoms with Crippen molar-refractivity contribution in [1.82, 2.24) is 0 Å².